The van der Waals surface area contributed by atoms with Crippen molar-refractivity contribution in [3.63, 3.8) is 0 Å². The molecule has 1 saturated carbocycles. The number of aliphatic hydroxyl groups excluding tert-OH is 1. The van der Waals surface area contributed by atoms with E-state index in [1.165, 1.54) is 6.07 Å². The van der Waals surface area contributed by atoms with Gasteiger partial charge in [0.15, 0.2) is 17.2 Å². The fraction of sp³-hybridized carbons (Fsp3) is 0.200. The second-order valence-electron chi connectivity index (χ2n) is 8.50. The van der Waals surface area contributed by atoms with Gasteiger partial charge >= 0.3 is 0 Å². The molecule has 170 valence electrons. The zero-order valence-electron chi connectivity index (χ0n) is 18.2. The monoisotopic (exact) mass is 475 g/mol. The number of benzene rings is 2. The average molecular weight is 476 g/mol. The largest absolute Gasteiger partial charge is 0.432 e. The van der Waals surface area contributed by atoms with Gasteiger partial charge in [-0.05, 0) is 65.9 Å². The highest BCUT2D eigenvalue weighted by molar-refractivity contribution is 6.31. The summed E-state index contributed by atoms with van der Waals surface area (Å²) in [6, 6.07) is 12.4. The Bertz CT molecular complexity index is 1560. The molecule has 9 heteroatoms. The van der Waals surface area contributed by atoms with Crippen molar-refractivity contribution >= 4 is 22.7 Å². The molecule has 7 nitrogen and oxygen atoms in total. The molecular formula is C25H19ClFN5O2. The fourth-order valence-electron chi connectivity index (χ4n) is 4.13. The number of hydrogen-bond acceptors (Lipinski definition) is 6. The molecule has 0 unspecified atom stereocenters. The van der Waals surface area contributed by atoms with Gasteiger partial charge in [-0.3, -0.25) is 0 Å². The van der Waals surface area contributed by atoms with Gasteiger partial charge in [0.1, 0.15) is 17.5 Å². The molecule has 0 aliphatic heterocycles. The zero-order chi connectivity index (χ0) is 23.4. The van der Waals surface area contributed by atoms with E-state index in [4.69, 9.17) is 21.0 Å². The van der Waals surface area contributed by atoms with Crippen LogP contribution in [-0.2, 0) is 13.7 Å². The van der Waals surface area contributed by atoms with Crippen LogP contribution in [0, 0.1) is 5.82 Å². The summed E-state index contributed by atoms with van der Waals surface area (Å²) in [5, 5.41) is 18.3. The van der Waals surface area contributed by atoms with Crippen molar-refractivity contribution in [3.8, 4) is 34.1 Å². The molecule has 6 rings (SSSR count). The van der Waals surface area contributed by atoms with Crippen LogP contribution in [0.15, 0.2) is 53.2 Å². The van der Waals surface area contributed by atoms with Crippen molar-refractivity contribution in [1.29, 1.82) is 0 Å². The quantitative estimate of drug-likeness (QED) is 0.360. The predicted molar refractivity (Wildman–Crippen MR) is 126 cm³/mol. The molecule has 0 atom stereocenters. The Kier molecular flexibility index (Phi) is 4.93. The van der Waals surface area contributed by atoms with Crippen molar-refractivity contribution in [2.75, 3.05) is 0 Å². The van der Waals surface area contributed by atoms with Crippen molar-refractivity contribution in [1.82, 2.24) is 24.7 Å². The average Bonchev–Trinajstić information content (AvgIpc) is 3.46. The third-order valence-electron chi connectivity index (χ3n) is 5.99. The summed E-state index contributed by atoms with van der Waals surface area (Å²) in [6.45, 7) is -0.282. The third kappa shape index (κ3) is 3.65. The third-order valence-corrected chi connectivity index (χ3v) is 6.23. The maximum absolute atomic E-state index is 14.5. The Hall–Kier alpha value is -3.62. The first-order valence-corrected chi connectivity index (χ1v) is 11.2. The van der Waals surface area contributed by atoms with E-state index < -0.39 is 5.82 Å². The Morgan fingerprint density at radius 2 is 1.97 bits per heavy atom. The fourth-order valence-corrected chi connectivity index (χ4v) is 4.30. The Labute approximate surface area is 198 Å². The Balaban J connectivity index is 1.54. The van der Waals surface area contributed by atoms with Gasteiger partial charge in [0.25, 0.3) is 0 Å². The lowest BCUT2D eigenvalue weighted by atomic mass is 9.97. The number of pyridine rings is 1. The standard InChI is InChI=1S/C25H19ClFN5O2/c1-32-12-28-31-24(32)18-10-16(26)4-5-17(18)15-8-20(14-2-3-14)29-22(9-15)25-30-21-7-13(11-33)6-19(27)23(21)34-25/h4-10,12,14,33H,2-3,11H2,1H3. The number of aryl methyl sites for hydroxylation is 1. The first-order chi connectivity index (χ1) is 16.5. The first kappa shape index (κ1) is 20.9. The van der Waals surface area contributed by atoms with E-state index in [2.05, 4.69) is 21.2 Å². The molecule has 0 radical (unpaired) electrons. The molecule has 34 heavy (non-hydrogen) atoms. The zero-order valence-corrected chi connectivity index (χ0v) is 18.9. The van der Waals surface area contributed by atoms with Crippen molar-refractivity contribution in [2.24, 2.45) is 7.05 Å². The normalized spacial score (nSPS) is 13.6. The second-order valence-corrected chi connectivity index (χ2v) is 8.94. The van der Waals surface area contributed by atoms with Crippen LogP contribution >= 0.6 is 11.6 Å². The van der Waals surface area contributed by atoms with Gasteiger partial charge in [-0.2, -0.15) is 0 Å². The number of aliphatic hydroxyl groups is 1. The summed E-state index contributed by atoms with van der Waals surface area (Å²) in [6.07, 6.45) is 3.77. The lowest BCUT2D eigenvalue weighted by Gasteiger charge is -2.12. The summed E-state index contributed by atoms with van der Waals surface area (Å²) in [5.74, 6) is 0.707. The molecule has 2 aromatic carbocycles. The van der Waals surface area contributed by atoms with E-state index in [-0.39, 0.29) is 18.1 Å². The molecule has 3 aromatic heterocycles. The number of halogens is 2. The number of aromatic nitrogens is 5. The number of hydrogen-bond donors (Lipinski definition) is 1. The minimum Gasteiger partial charge on any atom is -0.432 e. The van der Waals surface area contributed by atoms with Gasteiger partial charge in [-0.15, -0.1) is 10.2 Å². The molecule has 5 aromatic rings. The molecule has 3 heterocycles. The van der Waals surface area contributed by atoms with Gasteiger partial charge in [0.2, 0.25) is 5.89 Å². The Morgan fingerprint density at radius 1 is 1.12 bits per heavy atom. The minimum atomic E-state index is -0.568. The molecule has 0 amide bonds. The highest BCUT2D eigenvalue weighted by Crippen LogP contribution is 2.43. The minimum absolute atomic E-state index is 0.0404. The molecule has 1 N–H and O–H groups in total. The number of rotatable bonds is 5. The second kappa shape index (κ2) is 8.00. The van der Waals surface area contributed by atoms with Gasteiger partial charge in [-0.25, -0.2) is 14.4 Å². The summed E-state index contributed by atoms with van der Waals surface area (Å²) >= 11 is 6.33. The molecule has 1 aliphatic carbocycles. The number of fused-ring (bicyclic) bond motifs is 1. The summed E-state index contributed by atoms with van der Waals surface area (Å²) in [5.41, 5.74) is 4.91. The first-order valence-electron chi connectivity index (χ1n) is 10.9. The predicted octanol–water partition coefficient (Wildman–Crippen LogP) is 5.51. The number of oxazole rings is 1. The van der Waals surface area contributed by atoms with E-state index in [1.807, 2.05) is 35.9 Å². The van der Waals surface area contributed by atoms with Crippen LogP contribution in [0.2, 0.25) is 5.02 Å². The van der Waals surface area contributed by atoms with Crippen molar-refractivity contribution in [2.45, 2.75) is 25.4 Å². The van der Waals surface area contributed by atoms with E-state index in [1.54, 1.807) is 12.4 Å². The van der Waals surface area contributed by atoms with Crippen LogP contribution < -0.4 is 0 Å². The van der Waals surface area contributed by atoms with Gasteiger partial charge < -0.3 is 14.1 Å². The lowest BCUT2D eigenvalue weighted by Crippen LogP contribution is -1.97. The molecule has 1 aliphatic rings. The molecule has 0 bridgehead atoms. The van der Waals surface area contributed by atoms with Gasteiger partial charge in [0.05, 0.1) is 6.61 Å². The van der Waals surface area contributed by atoms with Crippen LogP contribution in [0.5, 0.6) is 0 Å². The van der Waals surface area contributed by atoms with Crippen LogP contribution in [0.1, 0.15) is 30.0 Å². The molecule has 0 spiro atoms. The lowest BCUT2D eigenvalue weighted by molar-refractivity contribution is 0.281. The Morgan fingerprint density at radius 3 is 2.71 bits per heavy atom. The van der Waals surface area contributed by atoms with E-state index >= 15 is 0 Å². The van der Waals surface area contributed by atoms with Crippen molar-refractivity contribution in [3.05, 3.63) is 70.9 Å². The van der Waals surface area contributed by atoms with E-state index in [0.717, 1.165) is 35.2 Å². The van der Waals surface area contributed by atoms with Crippen LogP contribution in [-0.4, -0.2) is 29.8 Å². The van der Waals surface area contributed by atoms with Gasteiger partial charge in [-0.1, -0.05) is 17.7 Å². The molecule has 1 fully saturated rings. The maximum atomic E-state index is 14.5. The number of nitrogens with zero attached hydrogens (tertiary/aromatic N) is 5. The highest BCUT2D eigenvalue weighted by atomic mass is 35.5. The SMILES string of the molecule is Cn1cnnc1-c1cc(Cl)ccc1-c1cc(-c2nc3cc(CO)cc(F)c3o2)nc(C2CC2)c1. The maximum Gasteiger partial charge on any atom is 0.246 e. The highest BCUT2D eigenvalue weighted by Gasteiger charge is 2.27. The topological polar surface area (TPSA) is 89.9 Å². The van der Waals surface area contributed by atoms with Gasteiger partial charge in [0, 0.05) is 29.2 Å². The van der Waals surface area contributed by atoms with E-state index in [9.17, 15) is 9.50 Å². The van der Waals surface area contributed by atoms with E-state index in [0.29, 0.717) is 33.5 Å². The summed E-state index contributed by atoms with van der Waals surface area (Å²) in [4.78, 5) is 9.28. The smallest absolute Gasteiger partial charge is 0.246 e. The van der Waals surface area contributed by atoms with Crippen LogP contribution in [0.4, 0.5) is 4.39 Å². The molecular weight excluding hydrogens is 457 g/mol. The van der Waals surface area contributed by atoms with Crippen LogP contribution in [0.25, 0.3) is 45.2 Å². The summed E-state index contributed by atoms with van der Waals surface area (Å²) in [7, 11) is 1.88. The summed E-state index contributed by atoms with van der Waals surface area (Å²) < 4.78 is 22.1. The van der Waals surface area contributed by atoms with Crippen LogP contribution in [0.3, 0.4) is 0 Å². The molecule has 0 saturated heterocycles. The van der Waals surface area contributed by atoms with Crippen molar-refractivity contribution < 1.29 is 13.9 Å².